The van der Waals surface area contributed by atoms with Crippen LogP contribution in [-0.2, 0) is 16.8 Å². The van der Waals surface area contributed by atoms with Crippen LogP contribution in [0.3, 0.4) is 0 Å². The maximum atomic E-state index is 5.92. The topological polar surface area (TPSA) is 74.2 Å². The summed E-state index contributed by atoms with van der Waals surface area (Å²) in [5.74, 6) is 1.95. The van der Waals surface area contributed by atoms with Gasteiger partial charge in [-0.25, -0.2) is 0 Å². The number of methoxy groups -OCH3 is 1. The van der Waals surface area contributed by atoms with Crippen LogP contribution < -0.4 is 5.73 Å². The fraction of sp³-hybridized carbons (Fsp3) is 0.857. The van der Waals surface area contributed by atoms with Crippen LogP contribution in [0.5, 0.6) is 0 Å². The molecule has 0 aromatic carbocycles. The molecule has 1 heterocycles. The van der Waals surface area contributed by atoms with E-state index >= 15 is 0 Å². The van der Waals surface area contributed by atoms with Crippen molar-refractivity contribution in [2.45, 2.75) is 64.0 Å². The second-order valence-corrected chi connectivity index (χ2v) is 5.78. The third-order valence-corrected chi connectivity index (χ3v) is 4.18. The number of nitrogens with two attached hydrogens (primary N) is 1. The summed E-state index contributed by atoms with van der Waals surface area (Å²) in [4.78, 5) is 4.52. The van der Waals surface area contributed by atoms with E-state index in [0.29, 0.717) is 24.1 Å². The van der Waals surface area contributed by atoms with E-state index in [-0.39, 0.29) is 11.6 Å². The van der Waals surface area contributed by atoms with E-state index in [0.717, 1.165) is 25.7 Å². The Hall–Kier alpha value is -0.940. The Morgan fingerprint density at radius 1 is 1.58 bits per heavy atom. The summed E-state index contributed by atoms with van der Waals surface area (Å²) in [6.45, 7) is 4.31. The molecule has 5 heteroatoms. The predicted octanol–water partition coefficient (Wildman–Crippen LogP) is 2.40. The maximum Gasteiger partial charge on any atom is 0.228 e. The van der Waals surface area contributed by atoms with Crippen LogP contribution in [0, 0.1) is 5.92 Å². The van der Waals surface area contributed by atoms with Crippen molar-refractivity contribution >= 4 is 0 Å². The first-order valence-corrected chi connectivity index (χ1v) is 7.23. The lowest BCUT2D eigenvalue weighted by Gasteiger charge is -2.36. The number of ether oxygens (including phenoxy) is 1. The van der Waals surface area contributed by atoms with Gasteiger partial charge < -0.3 is 15.0 Å². The first-order chi connectivity index (χ1) is 9.09. The molecule has 1 fully saturated rings. The van der Waals surface area contributed by atoms with Crippen LogP contribution in [0.1, 0.15) is 57.7 Å². The Morgan fingerprint density at radius 2 is 2.37 bits per heavy atom. The van der Waals surface area contributed by atoms with Crippen molar-refractivity contribution in [2.75, 3.05) is 7.11 Å². The molecule has 0 amide bonds. The van der Waals surface area contributed by atoms with E-state index < -0.39 is 0 Å². The van der Waals surface area contributed by atoms with Crippen molar-refractivity contribution in [3.8, 4) is 0 Å². The molecule has 3 atom stereocenters. The summed E-state index contributed by atoms with van der Waals surface area (Å²) < 4.78 is 11.1. The summed E-state index contributed by atoms with van der Waals surface area (Å²) in [6.07, 6.45) is 5.86. The van der Waals surface area contributed by atoms with E-state index in [1.807, 2.05) is 0 Å². The summed E-state index contributed by atoms with van der Waals surface area (Å²) in [7, 11) is 1.74. The monoisotopic (exact) mass is 267 g/mol. The van der Waals surface area contributed by atoms with Gasteiger partial charge in [-0.1, -0.05) is 25.4 Å². The highest BCUT2D eigenvalue weighted by Crippen LogP contribution is 2.41. The molecule has 1 aliphatic rings. The Bertz CT molecular complexity index is 407. The molecule has 1 aromatic heterocycles. The second-order valence-electron chi connectivity index (χ2n) is 5.78. The second kappa shape index (κ2) is 6.01. The molecular weight excluding hydrogens is 242 g/mol. The van der Waals surface area contributed by atoms with Gasteiger partial charge in [-0.05, 0) is 31.6 Å². The Morgan fingerprint density at radius 3 is 3.00 bits per heavy atom. The average molecular weight is 267 g/mol. The van der Waals surface area contributed by atoms with Gasteiger partial charge in [0.2, 0.25) is 11.7 Å². The molecule has 2 rings (SSSR count). The third-order valence-electron chi connectivity index (χ3n) is 4.18. The molecule has 5 nitrogen and oxygen atoms in total. The summed E-state index contributed by atoms with van der Waals surface area (Å²) in [5.41, 5.74) is 5.56. The lowest BCUT2D eigenvalue weighted by molar-refractivity contribution is -0.0658. The van der Waals surface area contributed by atoms with Gasteiger partial charge in [-0.2, -0.15) is 4.98 Å². The van der Waals surface area contributed by atoms with Crippen molar-refractivity contribution in [3.63, 3.8) is 0 Å². The summed E-state index contributed by atoms with van der Waals surface area (Å²) >= 11 is 0. The van der Waals surface area contributed by atoms with Crippen molar-refractivity contribution in [3.05, 3.63) is 11.7 Å². The van der Waals surface area contributed by atoms with Crippen molar-refractivity contribution in [2.24, 2.45) is 11.7 Å². The Labute approximate surface area is 114 Å². The van der Waals surface area contributed by atoms with E-state index in [1.165, 1.54) is 6.42 Å². The molecule has 3 unspecified atom stereocenters. The van der Waals surface area contributed by atoms with Crippen LogP contribution >= 0.6 is 0 Å². The van der Waals surface area contributed by atoms with Crippen LogP contribution in [-0.4, -0.2) is 23.3 Å². The number of nitrogens with zero attached hydrogens (tertiary/aromatic N) is 2. The smallest absolute Gasteiger partial charge is 0.228 e. The number of rotatable bonds is 5. The molecule has 0 bridgehead atoms. The van der Waals surface area contributed by atoms with Gasteiger partial charge in [0.05, 0.1) is 0 Å². The molecule has 0 spiro atoms. The molecule has 1 aromatic rings. The van der Waals surface area contributed by atoms with Crippen molar-refractivity contribution < 1.29 is 9.26 Å². The minimum absolute atomic E-state index is 0.0806. The fourth-order valence-corrected chi connectivity index (χ4v) is 2.87. The van der Waals surface area contributed by atoms with E-state index in [2.05, 4.69) is 24.0 Å². The van der Waals surface area contributed by atoms with Crippen LogP contribution in [0.2, 0.25) is 0 Å². The molecule has 0 radical (unpaired) electrons. The fourth-order valence-electron chi connectivity index (χ4n) is 2.87. The van der Waals surface area contributed by atoms with Gasteiger partial charge in [0.1, 0.15) is 5.60 Å². The molecule has 1 aliphatic carbocycles. The zero-order valence-electron chi connectivity index (χ0n) is 12.2. The Kier molecular flexibility index (Phi) is 4.58. The van der Waals surface area contributed by atoms with Crippen LogP contribution in [0.25, 0.3) is 0 Å². The van der Waals surface area contributed by atoms with Crippen molar-refractivity contribution in [1.29, 1.82) is 0 Å². The molecule has 19 heavy (non-hydrogen) atoms. The van der Waals surface area contributed by atoms with Gasteiger partial charge in [-0.3, -0.25) is 0 Å². The van der Waals surface area contributed by atoms with Gasteiger partial charge in [-0.15, -0.1) is 0 Å². The Balaban J connectivity index is 2.15. The van der Waals surface area contributed by atoms with E-state index in [1.54, 1.807) is 7.11 Å². The first-order valence-electron chi connectivity index (χ1n) is 7.23. The molecule has 0 aliphatic heterocycles. The number of hydrogen-bond donors (Lipinski definition) is 1. The average Bonchev–Trinajstić information content (AvgIpc) is 2.87. The summed E-state index contributed by atoms with van der Waals surface area (Å²) in [6, 6.07) is 0.0806. The normalized spacial score (nSPS) is 29.4. The summed E-state index contributed by atoms with van der Waals surface area (Å²) in [5, 5.41) is 4.14. The highest BCUT2D eigenvalue weighted by molar-refractivity contribution is 5.04. The van der Waals surface area contributed by atoms with Gasteiger partial charge in [0.25, 0.3) is 0 Å². The van der Waals surface area contributed by atoms with E-state index in [4.69, 9.17) is 15.0 Å². The van der Waals surface area contributed by atoms with Gasteiger partial charge in [0, 0.05) is 19.6 Å². The van der Waals surface area contributed by atoms with Crippen LogP contribution in [0.15, 0.2) is 4.52 Å². The molecule has 2 N–H and O–H groups in total. The maximum absolute atomic E-state index is 5.92. The minimum atomic E-state index is -0.365. The first kappa shape index (κ1) is 14.5. The standard InChI is InChI=1S/C14H25N3O2/c1-4-11(15)8-12-16-13(17-19-12)14(18-3)7-5-6-10(2)9-14/h10-11H,4-9,15H2,1-3H3. The predicted molar refractivity (Wildman–Crippen MR) is 72.6 cm³/mol. The SMILES string of the molecule is CCC(N)Cc1nc(C2(OC)CCCC(C)C2)no1. The molecular formula is C14H25N3O2. The number of aromatic nitrogens is 2. The molecule has 0 saturated heterocycles. The highest BCUT2D eigenvalue weighted by atomic mass is 16.5. The molecule has 108 valence electrons. The van der Waals surface area contributed by atoms with Gasteiger partial charge >= 0.3 is 0 Å². The van der Waals surface area contributed by atoms with E-state index in [9.17, 15) is 0 Å². The third kappa shape index (κ3) is 3.15. The zero-order chi connectivity index (χ0) is 13.9. The largest absolute Gasteiger partial charge is 0.370 e. The quantitative estimate of drug-likeness (QED) is 0.886. The van der Waals surface area contributed by atoms with Crippen molar-refractivity contribution in [1.82, 2.24) is 10.1 Å². The molecule has 1 saturated carbocycles. The van der Waals surface area contributed by atoms with Crippen LogP contribution in [0.4, 0.5) is 0 Å². The van der Waals surface area contributed by atoms with Gasteiger partial charge in [0.15, 0.2) is 0 Å². The zero-order valence-corrected chi connectivity index (χ0v) is 12.2. The lowest BCUT2D eigenvalue weighted by atomic mass is 9.78. The lowest BCUT2D eigenvalue weighted by Crippen LogP contribution is -2.35. The number of hydrogen-bond acceptors (Lipinski definition) is 5. The highest BCUT2D eigenvalue weighted by Gasteiger charge is 2.40. The minimum Gasteiger partial charge on any atom is -0.370 e.